The molecule has 1 saturated carbocycles. The zero-order valence-corrected chi connectivity index (χ0v) is 15.4. The van der Waals surface area contributed by atoms with E-state index in [1.807, 2.05) is 20.8 Å². The van der Waals surface area contributed by atoms with Crippen LogP contribution in [0.25, 0.3) is 0 Å². The minimum absolute atomic E-state index is 0.303. The van der Waals surface area contributed by atoms with E-state index < -0.39 is 5.60 Å². The van der Waals surface area contributed by atoms with Crippen LogP contribution in [0.3, 0.4) is 0 Å². The number of likely N-dealkylation sites (tertiary alicyclic amines) is 1. The molecule has 1 aliphatic heterocycles. The summed E-state index contributed by atoms with van der Waals surface area (Å²) in [7, 11) is 0. The molecule has 0 aromatic heterocycles. The quantitative estimate of drug-likeness (QED) is 0.756. The summed E-state index contributed by atoms with van der Waals surface area (Å²) in [5, 5.41) is 6.75. The molecular formula is C18H35N3O2. The molecule has 1 amide bonds. The average molecular weight is 325 g/mol. The average Bonchev–Trinajstić information content (AvgIpc) is 3.28. The molecule has 1 aliphatic carbocycles. The maximum atomic E-state index is 11.8. The van der Waals surface area contributed by atoms with E-state index in [1.54, 1.807) is 0 Å². The Morgan fingerprint density at radius 1 is 1.22 bits per heavy atom. The molecule has 23 heavy (non-hydrogen) atoms. The molecule has 1 heterocycles. The van der Waals surface area contributed by atoms with Gasteiger partial charge in [-0.1, -0.05) is 6.92 Å². The van der Waals surface area contributed by atoms with Crippen molar-refractivity contribution in [2.75, 3.05) is 26.2 Å². The molecule has 134 valence electrons. The maximum absolute atomic E-state index is 11.8. The van der Waals surface area contributed by atoms with Gasteiger partial charge in [0, 0.05) is 18.6 Å². The zero-order valence-electron chi connectivity index (χ0n) is 15.4. The third-order valence-corrected chi connectivity index (χ3v) is 4.63. The molecule has 2 fully saturated rings. The van der Waals surface area contributed by atoms with Gasteiger partial charge in [0.15, 0.2) is 0 Å². The number of ether oxygens (including phenoxy) is 1. The Balaban J connectivity index is 1.71. The van der Waals surface area contributed by atoms with E-state index in [9.17, 15) is 4.79 Å². The topological polar surface area (TPSA) is 53.6 Å². The lowest BCUT2D eigenvalue weighted by Gasteiger charge is -2.34. The fraction of sp³-hybridized carbons (Fsp3) is 0.944. The van der Waals surface area contributed by atoms with Gasteiger partial charge in [0.05, 0.1) is 0 Å². The van der Waals surface area contributed by atoms with Crippen molar-refractivity contribution in [1.29, 1.82) is 0 Å². The van der Waals surface area contributed by atoms with Crippen molar-refractivity contribution >= 4 is 6.09 Å². The lowest BCUT2D eigenvalue weighted by molar-refractivity contribution is 0.0519. The van der Waals surface area contributed by atoms with Gasteiger partial charge >= 0.3 is 6.09 Å². The number of hydrogen-bond donors (Lipinski definition) is 2. The highest BCUT2D eigenvalue weighted by Crippen LogP contribution is 2.33. The molecule has 2 aliphatic rings. The summed E-state index contributed by atoms with van der Waals surface area (Å²) in [6.07, 6.45) is 5.93. The third-order valence-electron chi connectivity index (χ3n) is 4.63. The first-order chi connectivity index (χ1) is 10.9. The summed E-state index contributed by atoms with van der Waals surface area (Å²) in [6.45, 7) is 12.2. The lowest BCUT2D eigenvalue weighted by Crippen LogP contribution is -2.51. The van der Waals surface area contributed by atoms with Gasteiger partial charge in [-0.3, -0.25) is 0 Å². The smallest absolute Gasteiger partial charge is 0.407 e. The number of piperidine rings is 1. The fourth-order valence-corrected chi connectivity index (χ4v) is 3.31. The minimum atomic E-state index is -0.432. The van der Waals surface area contributed by atoms with Crippen LogP contribution in [-0.2, 0) is 4.74 Å². The van der Waals surface area contributed by atoms with E-state index in [-0.39, 0.29) is 6.09 Å². The molecule has 0 aromatic rings. The summed E-state index contributed by atoms with van der Waals surface area (Å²) >= 11 is 0. The van der Waals surface area contributed by atoms with E-state index in [0.717, 1.165) is 5.92 Å². The number of hydrogen-bond acceptors (Lipinski definition) is 4. The van der Waals surface area contributed by atoms with Gasteiger partial charge in [-0.25, -0.2) is 4.79 Å². The van der Waals surface area contributed by atoms with Crippen LogP contribution in [0.15, 0.2) is 0 Å². The Morgan fingerprint density at radius 2 is 1.87 bits per heavy atom. The number of nitrogens with zero attached hydrogens (tertiary/aromatic N) is 1. The van der Waals surface area contributed by atoms with Crippen LogP contribution in [0.4, 0.5) is 4.79 Å². The summed E-state index contributed by atoms with van der Waals surface area (Å²) in [5.41, 5.74) is -0.432. The van der Waals surface area contributed by atoms with Gasteiger partial charge in [-0.05, 0) is 78.4 Å². The van der Waals surface area contributed by atoms with Crippen LogP contribution in [0.1, 0.15) is 59.8 Å². The van der Waals surface area contributed by atoms with Gasteiger partial charge in [-0.15, -0.1) is 0 Å². The van der Waals surface area contributed by atoms with Gasteiger partial charge in [0.1, 0.15) is 5.60 Å². The Labute approximate surface area is 141 Å². The lowest BCUT2D eigenvalue weighted by atomic mass is 10.0. The number of amides is 1. The van der Waals surface area contributed by atoms with Gasteiger partial charge in [0.25, 0.3) is 0 Å². The predicted molar refractivity (Wildman–Crippen MR) is 93.6 cm³/mol. The Hall–Kier alpha value is -0.810. The second-order valence-corrected chi connectivity index (χ2v) is 8.11. The molecule has 1 unspecified atom stereocenters. The van der Waals surface area contributed by atoms with Crippen LogP contribution in [-0.4, -0.2) is 54.9 Å². The van der Waals surface area contributed by atoms with E-state index >= 15 is 0 Å². The van der Waals surface area contributed by atoms with Crippen LogP contribution in [0.5, 0.6) is 0 Å². The molecule has 0 bridgehead atoms. The monoisotopic (exact) mass is 325 g/mol. The molecule has 0 aromatic carbocycles. The van der Waals surface area contributed by atoms with Crippen molar-refractivity contribution in [1.82, 2.24) is 15.5 Å². The van der Waals surface area contributed by atoms with Crippen molar-refractivity contribution in [2.24, 2.45) is 5.92 Å². The molecular weight excluding hydrogens is 290 g/mol. The van der Waals surface area contributed by atoms with E-state index in [4.69, 9.17) is 4.74 Å². The molecule has 0 spiro atoms. The normalized spacial score (nSPS) is 21.9. The van der Waals surface area contributed by atoms with Crippen LogP contribution < -0.4 is 10.6 Å². The fourth-order valence-electron chi connectivity index (χ4n) is 3.31. The largest absolute Gasteiger partial charge is 0.444 e. The number of carbonyl (C=O) groups is 1. The van der Waals surface area contributed by atoms with Gasteiger partial charge in [0.2, 0.25) is 0 Å². The number of nitrogens with one attached hydrogen (secondary N) is 2. The first-order valence-corrected chi connectivity index (χ1v) is 9.32. The first kappa shape index (κ1) is 18.5. The highest BCUT2D eigenvalue weighted by Gasteiger charge is 2.33. The second-order valence-electron chi connectivity index (χ2n) is 8.11. The third kappa shape index (κ3) is 7.08. The molecule has 1 saturated heterocycles. The van der Waals surface area contributed by atoms with Crippen molar-refractivity contribution in [3.8, 4) is 0 Å². The number of alkyl carbamates (subject to hydrolysis) is 1. The number of rotatable bonds is 7. The van der Waals surface area contributed by atoms with Crippen LogP contribution >= 0.6 is 0 Å². The van der Waals surface area contributed by atoms with E-state index in [0.29, 0.717) is 18.6 Å². The molecule has 0 radical (unpaired) electrons. The molecule has 2 rings (SSSR count). The molecule has 5 nitrogen and oxygen atoms in total. The van der Waals surface area contributed by atoms with Gasteiger partial charge in [-0.2, -0.15) is 0 Å². The first-order valence-electron chi connectivity index (χ1n) is 9.32. The second kappa shape index (κ2) is 8.34. The van der Waals surface area contributed by atoms with E-state index in [1.165, 1.54) is 51.7 Å². The van der Waals surface area contributed by atoms with Crippen molar-refractivity contribution in [2.45, 2.75) is 77.5 Å². The van der Waals surface area contributed by atoms with Crippen molar-refractivity contribution < 1.29 is 9.53 Å². The summed E-state index contributed by atoms with van der Waals surface area (Å²) in [6, 6.07) is 0.986. The Morgan fingerprint density at radius 3 is 2.39 bits per heavy atom. The van der Waals surface area contributed by atoms with Gasteiger partial charge < -0.3 is 20.3 Å². The zero-order chi connectivity index (χ0) is 16.9. The summed E-state index contributed by atoms with van der Waals surface area (Å²) in [4.78, 5) is 14.4. The Kier molecular flexibility index (Phi) is 6.72. The highest BCUT2D eigenvalue weighted by molar-refractivity contribution is 5.67. The SMILES string of the molecule is CCCN1CCC(NC(CNC(=O)OC(C)(C)C)C2CC2)CC1. The summed E-state index contributed by atoms with van der Waals surface area (Å²) < 4.78 is 5.33. The Bertz CT molecular complexity index is 369. The van der Waals surface area contributed by atoms with Crippen LogP contribution in [0, 0.1) is 5.92 Å². The summed E-state index contributed by atoms with van der Waals surface area (Å²) in [5.74, 6) is 0.721. The standard InChI is InChI=1S/C18H35N3O2/c1-5-10-21-11-8-15(9-12-21)20-16(14-6-7-14)13-19-17(22)23-18(2,3)4/h14-16,20H,5-13H2,1-4H3,(H,19,22). The minimum Gasteiger partial charge on any atom is -0.444 e. The molecule has 2 N–H and O–H groups in total. The van der Waals surface area contributed by atoms with E-state index in [2.05, 4.69) is 22.5 Å². The maximum Gasteiger partial charge on any atom is 0.407 e. The van der Waals surface area contributed by atoms with Crippen molar-refractivity contribution in [3.63, 3.8) is 0 Å². The highest BCUT2D eigenvalue weighted by atomic mass is 16.6. The predicted octanol–water partition coefficient (Wildman–Crippen LogP) is 2.75. The number of carbonyl (C=O) groups excluding carboxylic acids is 1. The van der Waals surface area contributed by atoms with Crippen molar-refractivity contribution in [3.05, 3.63) is 0 Å². The molecule has 1 atom stereocenters. The molecule has 5 heteroatoms. The van der Waals surface area contributed by atoms with Crippen LogP contribution in [0.2, 0.25) is 0 Å².